The molecular formula is C15H12Cl2O. The van der Waals surface area contributed by atoms with Crippen molar-refractivity contribution >= 4 is 28.8 Å². The van der Waals surface area contributed by atoms with Crippen LogP contribution in [0.3, 0.4) is 0 Å². The molecule has 0 N–H and O–H groups in total. The van der Waals surface area contributed by atoms with Crippen LogP contribution < -0.4 is 0 Å². The molecule has 0 heterocycles. The Hall–Kier alpha value is -1.44. The Bertz CT molecular complexity index is 559. The molecule has 92 valence electrons. The quantitative estimate of drug-likeness (QED) is 0.716. The number of benzene rings is 2. The summed E-state index contributed by atoms with van der Waals surface area (Å²) >= 11 is 11.9. The Morgan fingerprint density at radius 1 is 0.944 bits per heavy atom. The van der Waals surface area contributed by atoms with Crippen molar-refractivity contribution in [1.82, 2.24) is 0 Å². The first-order chi connectivity index (χ1) is 8.70. The Balaban J connectivity index is 2.47. The first-order valence-electron chi connectivity index (χ1n) is 5.45. The normalized spacial score (nSPS) is 11.4. The number of halogens is 2. The first-order valence-corrected chi connectivity index (χ1v) is 6.21. The zero-order valence-electron chi connectivity index (χ0n) is 9.86. The van der Waals surface area contributed by atoms with Gasteiger partial charge in [0.05, 0.1) is 13.4 Å². The molecule has 0 spiro atoms. The van der Waals surface area contributed by atoms with Crippen LogP contribution in [0.5, 0.6) is 0 Å². The minimum absolute atomic E-state index is 0.698. The van der Waals surface area contributed by atoms with Crippen LogP contribution in [0.1, 0.15) is 11.1 Å². The van der Waals surface area contributed by atoms with E-state index in [9.17, 15) is 0 Å². The Labute approximate surface area is 117 Å². The van der Waals surface area contributed by atoms with Gasteiger partial charge in [-0.25, -0.2) is 0 Å². The van der Waals surface area contributed by atoms with Crippen molar-refractivity contribution in [3.63, 3.8) is 0 Å². The molecule has 2 aromatic rings. The van der Waals surface area contributed by atoms with Crippen molar-refractivity contribution in [3.05, 3.63) is 76.0 Å². The molecule has 0 bridgehead atoms. The summed E-state index contributed by atoms with van der Waals surface area (Å²) in [7, 11) is 1.63. The lowest BCUT2D eigenvalue weighted by atomic mass is 9.99. The van der Waals surface area contributed by atoms with Crippen molar-refractivity contribution < 1.29 is 4.74 Å². The Kier molecular flexibility index (Phi) is 4.29. The summed E-state index contributed by atoms with van der Waals surface area (Å²) in [6.45, 7) is 0. The van der Waals surface area contributed by atoms with E-state index in [1.165, 1.54) is 0 Å². The van der Waals surface area contributed by atoms with Crippen LogP contribution in [-0.2, 0) is 4.74 Å². The van der Waals surface area contributed by atoms with Crippen LogP contribution in [0.25, 0.3) is 5.57 Å². The number of hydrogen-bond donors (Lipinski definition) is 0. The standard InChI is InChI=1S/C15H12Cl2O/c1-18-10-15(11-5-7-13(16)8-6-11)12-3-2-4-14(17)9-12/h2-10H,1H3/b15-10+. The van der Waals surface area contributed by atoms with E-state index in [0.29, 0.717) is 10.0 Å². The molecular weight excluding hydrogens is 267 g/mol. The summed E-state index contributed by atoms with van der Waals surface area (Å²) < 4.78 is 5.14. The average Bonchev–Trinajstić information content (AvgIpc) is 2.37. The van der Waals surface area contributed by atoms with Crippen LogP contribution in [0.15, 0.2) is 54.8 Å². The third kappa shape index (κ3) is 3.06. The van der Waals surface area contributed by atoms with E-state index in [1.54, 1.807) is 13.4 Å². The van der Waals surface area contributed by atoms with Gasteiger partial charge in [-0.15, -0.1) is 0 Å². The van der Waals surface area contributed by atoms with E-state index in [-0.39, 0.29) is 0 Å². The van der Waals surface area contributed by atoms with Gasteiger partial charge in [0.15, 0.2) is 0 Å². The highest BCUT2D eigenvalue weighted by Gasteiger charge is 2.06. The third-order valence-electron chi connectivity index (χ3n) is 2.53. The highest BCUT2D eigenvalue weighted by Crippen LogP contribution is 2.26. The molecule has 0 radical (unpaired) electrons. The van der Waals surface area contributed by atoms with Crippen LogP contribution in [0.4, 0.5) is 0 Å². The second kappa shape index (κ2) is 5.94. The number of hydrogen-bond acceptors (Lipinski definition) is 1. The van der Waals surface area contributed by atoms with E-state index >= 15 is 0 Å². The Morgan fingerprint density at radius 3 is 2.28 bits per heavy atom. The van der Waals surface area contributed by atoms with Gasteiger partial charge in [-0.05, 0) is 35.4 Å². The smallest absolute Gasteiger partial charge is 0.0909 e. The van der Waals surface area contributed by atoms with Gasteiger partial charge in [0.25, 0.3) is 0 Å². The lowest BCUT2D eigenvalue weighted by Gasteiger charge is -2.08. The van der Waals surface area contributed by atoms with E-state index in [0.717, 1.165) is 16.7 Å². The molecule has 2 rings (SSSR count). The zero-order chi connectivity index (χ0) is 13.0. The molecule has 0 aliphatic rings. The molecule has 1 nitrogen and oxygen atoms in total. The average molecular weight is 279 g/mol. The molecule has 0 atom stereocenters. The fourth-order valence-electron chi connectivity index (χ4n) is 1.71. The molecule has 0 fully saturated rings. The number of rotatable bonds is 3. The number of methoxy groups -OCH3 is 1. The van der Waals surface area contributed by atoms with Crippen LogP contribution in [0.2, 0.25) is 10.0 Å². The topological polar surface area (TPSA) is 9.23 Å². The molecule has 2 aromatic carbocycles. The maximum Gasteiger partial charge on any atom is 0.0909 e. The van der Waals surface area contributed by atoms with Crippen LogP contribution in [-0.4, -0.2) is 7.11 Å². The minimum Gasteiger partial charge on any atom is -0.504 e. The summed E-state index contributed by atoms with van der Waals surface area (Å²) in [5.74, 6) is 0. The van der Waals surface area contributed by atoms with Gasteiger partial charge in [0.1, 0.15) is 0 Å². The molecule has 0 saturated heterocycles. The van der Waals surface area contributed by atoms with Crippen molar-refractivity contribution in [2.24, 2.45) is 0 Å². The summed E-state index contributed by atoms with van der Waals surface area (Å²) in [4.78, 5) is 0. The molecule has 3 heteroatoms. The molecule has 0 unspecified atom stereocenters. The van der Waals surface area contributed by atoms with Crippen molar-refractivity contribution in [2.75, 3.05) is 7.11 Å². The van der Waals surface area contributed by atoms with Crippen molar-refractivity contribution in [2.45, 2.75) is 0 Å². The van der Waals surface area contributed by atoms with Gasteiger partial charge in [-0.2, -0.15) is 0 Å². The third-order valence-corrected chi connectivity index (χ3v) is 3.01. The van der Waals surface area contributed by atoms with Gasteiger partial charge >= 0.3 is 0 Å². The lowest BCUT2D eigenvalue weighted by Crippen LogP contribution is -1.89. The molecule has 0 aliphatic heterocycles. The second-order valence-corrected chi connectivity index (χ2v) is 4.66. The highest BCUT2D eigenvalue weighted by molar-refractivity contribution is 6.31. The van der Waals surface area contributed by atoms with Crippen molar-refractivity contribution in [1.29, 1.82) is 0 Å². The van der Waals surface area contributed by atoms with Gasteiger partial charge in [0, 0.05) is 15.6 Å². The molecule has 18 heavy (non-hydrogen) atoms. The fraction of sp³-hybridized carbons (Fsp3) is 0.0667. The molecule has 0 aliphatic carbocycles. The first kappa shape index (κ1) is 13.0. The summed E-state index contributed by atoms with van der Waals surface area (Å²) in [6.07, 6.45) is 1.70. The van der Waals surface area contributed by atoms with Gasteiger partial charge in [-0.1, -0.05) is 47.5 Å². The monoisotopic (exact) mass is 278 g/mol. The summed E-state index contributed by atoms with van der Waals surface area (Å²) in [5.41, 5.74) is 3.01. The minimum atomic E-state index is 0.698. The van der Waals surface area contributed by atoms with Gasteiger partial charge in [0.2, 0.25) is 0 Å². The fourth-order valence-corrected chi connectivity index (χ4v) is 2.02. The largest absolute Gasteiger partial charge is 0.504 e. The van der Waals surface area contributed by atoms with Crippen molar-refractivity contribution in [3.8, 4) is 0 Å². The SMILES string of the molecule is CO/C=C(\c1ccc(Cl)cc1)c1cccc(Cl)c1. The number of ether oxygens (including phenoxy) is 1. The van der Waals surface area contributed by atoms with Gasteiger partial charge < -0.3 is 4.74 Å². The molecule has 0 aromatic heterocycles. The van der Waals surface area contributed by atoms with Gasteiger partial charge in [-0.3, -0.25) is 0 Å². The Morgan fingerprint density at radius 2 is 1.67 bits per heavy atom. The molecule has 0 amide bonds. The summed E-state index contributed by atoms with van der Waals surface area (Å²) in [5, 5.41) is 1.41. The maximum atomic E-state index is 6.01. The maximum absolute atomic E-state index is 6.01. The second-order valence-electron chi connectivity index (χ2n) is 3.78. The lowest BCUT2D eigenvalue weighted by molar-refractivity contribution is 0.340. The summed E-state index contributed by atoms with van der Waals surface area (Å²) in [6, 6.07) is 15.3. The predicted octanol–water partition coefficient (Wildman–Crippen LogP) is 5.03. The van der Waals surface area contributed by atoms with E-state index < -0.39 is 0 Å². The highest BCUT2D eigenvalue weighted by atomic mass is 35.5. The van der Waals surface area contributed by atoms with E-state index in [1.807, 2.05) is 48.5 Å². The van der Waals surface area contributed by atoms with Crippen LogP contribution >= 0.6 is 23.2 Å². The van der Waals surface area contributed by atoms with Crippen LogP contribution in [0, 0.1) is 0 Å². The molecule has 0 saturated carbocycles. The predicted molar refractivity (Wildman–Crippen MR) is 77.0 cm³/mol. The van der Waals surface area contributed by atoms with E-state index in [4.69, 9.17) is 27.9 Å². The zero-order valence-corrected chi connectivity index (χ0v) is 11.4. The van der Waals surface area contributed by atoms with E-state index in [2.05, 4.69) is 0 Å².